The number of carboxylic acid groups (broad SMARTS) is 1. The van der Waals surface area contributed by atoms with Gasteiger partial charge in [0.1, 0.15) is 31.0 Å². The number of likely N-dealkylation sites (N-methyl/N-ethyl adjacent to an activating group) is 2. The number of amides is 3. The molecule has 14 nitrogen and oxygen atoms in total. The van der Waals surface area contributed by atoms with Gasteiger partial charge in [0.15, 0.2) is 0 Å². The van der Waals surface area contributed by atoms with E-state index < -0.39 is 54.8 Å². The van der Waals surface area contributed by atoms with Crippen molar-refractivity contribution in [2.45, 2.75) is 64.8 Å². The number of aliphatic carboxylic acids is 1. The predicted octanol–water partition coefficient (Wildman–Crippen LogP) is -0.164. The first-order valence-corrected chi connectivity index (χ1v) is 12.8. The Bertz CT molecular complexity index is 1080. The van der Waals surface area contributed by atoms with E-state index in [9.17, 15) is 29.1 Å². The Balaban J connectivity index is 2.26. The van der Waals surface area contributed by atoms with E-state index in [1.165, 1.54) is 26.1 Å². The molecule has 1 heterocycles. The smallest absolute Gasteiger partial charge is 0.323 e. The third-order valence-electron chi connectivity index (χ3n) is 5.81. The van der Waals surface area contributed by atoms with E-state index in [2.05, 4.69) is 16.0 Å². The lowest BCUT2D eigenvalue weighted by Crippen LogP contribution is -2.48. The van der Waals surface area contributed by atoms with Crippen molar-refractivity contribution in [2.24, 2.45) is 5.92 Å². The van der Waals surface area contributed by atoms with Crippen LogP contribution in [0.25, 0.3) is 0 Å². The predicted molar refractivity (Wildman–Crippen MR) is 141 cm³/mol. The van der Waals surface area contributed by atoms with E-state index in [0.717, 1.165) is 4.90 Å². The van der Waals surface area contributed by atoms with Gasteiger partial charge in [-0.3, -0.25) is 24.0 Å². The average molecular weight is 567 g/mol. The van der Waals surface area contributed by atoms with Crippen molar-refractivity contribution in [1.29, 1.82) is 0 Å². The van der Waals surface area contributed by atoms with Gasteiger partial charge in [-0.05, 0) is 31.7 Å². The summed E-state index contributed by atoms with van der Waals surface area (Å²) in [6.07, 6.45) is -3.34. The Kier molecular flexibility index (Phi) is 12.3. The highest BCUT2D eigenvalue weighted by Gasteiger charge is 2.36. The molecule has 0 saturated carbocycles. The van der Waals surface area contributed by atoms with Gasteiger partial charge in [0.2, 0.25) is 18.1 Å². The summed E-state index contributed by atoms with van der Waals surface area (Å²) < 4.78 is 17.0. The number of anilines is 1. The van der Waals surface area contributed by atoms with Crippen LogP contribution in [-0.4, -0.2) is 96.5 Å². The summed E-state index contributed by atoms with van der Waals surface area (Å²) in [5.41, 5.74) is 0.732. The molecule has 0 bridgehead atoms. The highest BCUT2D eigenvalue weighted by molar-refractivity contribution is 5.98. The normalized spacial score (nSPS) is 19.3. The number of hydrogen-bond donors (Lipinski definition) is 5. The van der Waals surface area contributed by atoms with Crippen molar-refractivity contribution in [1.82, 2.24) is 15.5 Å². The Hall–Kier alpha value is -3.75. The van der Waals surface area contributed by atoms with Gasteiger partial charge in [-0.1, -0.05) is 19.9 Å². The quantitative estimate of drug-likeness (QED) is 0.199. The summed E-state index contributed by atoms with van der Waals surface area (Å²) in [7, 11) is 2.91. The number of nitrogens with one attached hydrogen (secondary N) is 3. The maximum absolute atomic E-state index is 12.8. The minimum absolute atomic E-state index is 0.0111. The molecule has 1 aromatic rings. The molecule has 40 heavy (non-hydrogen) atoms. The highest BCUT2D eigenvalue weighted by atomic mass is 16.7. The number of aliphatic hydroxyl groups excluding tert-OH is 1. The highest BCUT2D eigenvalue weighted by Crippen LogP contribution is 2.31. The maximum Gasteiger partial charge on any atom is 0.323 e. The van der Waals surface area contributed by atoms with Crippen LogP contribution in [-0.2, 0) is 40.1 Å². The second kappa shape index (κ2) is 15.1. The van der Waals surface area contributed by atoms with Crippen LogP contribution in [0, 0.1) is 5.92 Å². The molecule has 222 valence electrons. The molecule has 0 aromatic heterocycles. The summed E-state index contributed by atoms with van der Waals surface area (Å²) in [6, 6.07) is 3.77. The number of carbonyl (C=O) groups excluding carboxylic acids is 4. The number of benzene rings is 1. The van der Waals surface area contributed by atoms with Crippen molar-refractivity contribution in [3.05, 3.63) is 23.8 Å². The second-order valence-electron chi connectivity index (χ2n) is 9.79. The topological polar surface area (TPSA) is 193 Å². The molecule has 1 saturated heterocycles. The third kappa shape index (κ3) is 10.1. The van der Waals surface area contributed by atoms with Gasteiger partial charge in [-0.15, -0.1) is 0 Å². The van der Waals surface area contributed by atoms with Crippen molar-refractivity contribution in [3.8, 4) is 5.75 Å². The van der Waals surface area contributed by atoms with E-state index in [-0.39, 0.29) is 49.3 Å². The monoisotopic (exact) mass is 566 g/mol. The molecule has 1 fully saturated rings. The fraction of sp³-hybridized carbons (Fsp3) is 0.577. The van der Waals surface area contributed by atoms with Crippen LogP contribution in [0.2, 0.25) is 0 Å². The SMILES string of the molecule is CNCC(=O)NC(C)C(=O)Nc1ccc(COC(=O)C(C)C)cc1OC1CC(O)CC(C(=O)N(C)CC(=O)O)O1. The van der Waals surface area contributed by atoms with E-state index >= 15 is 0 Å². The fourth-order valence-electron chi connectivity index (χ4n) is 3.70. The van der Waals surface area contributed by atoms with Crippen LogP contribution in [0.3, 0.4) is 0 Å². The molecule has 0 aliphatic carbocycles. The zero-order chi connectivity index (χ0) is 30.0. The number of hydrogen-bond acceptors (Lipinski definition) is 10. The zero-order valence-electron chi connectivity index (χ0n) is 23.3. The van der Waals surface area contributed by atoms with E-state index in [1.807, 2.05) is 0 Å². The number of esters is 1. The van der Waals surface area contributed by atoms with Crippen molar-refractivity contribution in [3.63, 3.8) is 0 Å². The molecule has 2 rings (SSSR count). The van der Waals surface area contributed by atoms with Crippen LogP contribution < -0.4 is 20.7 Å². The molecule has 0 spiro atoms. The maximum atomic E-state index is 12.8. The Morgan fingerprint density at radius 2 is 1.85 bits per heavy atom. The van der Waals surface area contributed by atoms with Crippen LogP contribution in [0.4, 0.5) is 5.69 Å². The van der Waals surface area contributed by atoms with Gasteiger partial charge in [0, 0.05) is 19.9 Å². The standard InChI is InChI=1S/C26H38N4O10/c1-14(2)26(37)38-13-16-6-7-18(29-24(35)15(3)28-21(32)11-27-4)19(8-16)39-23-10-17(31)9-20(40-23)25(36)30(5)12-22(33)34/h6-8,14-15,17,20,23,27,31H,9-13H2,1-5H3,(H,28,32)(H,29,35)(H,33,34). The summed E-state index contributed by atoms with van der Waals surface area (Å²) >= 11 is 0. The number of nitrogens with zero attached hydrogens (tertiary/aromatic N) is 1. The molecular formula is C26H38N4O10. The summed E-state index contributed by atoms with van der Waals surface area (Å²) in [5, 5.41) is 27.3. The van der Waals surface area contributed by atoms with E-state index in [1.54, 1.807) is 27.0 Å². The Morgan fingerprint density at radius 1 is 1.15 bits per heavy atom. The minimum Gasteiger partial charge on any atom is -0.480 e. The second-order valence-corrected chi connectivity index (χ2v) is 9.79. The largest absolute Gasteiger partial charge is 0.480 e. The van der Waals surface area contributed by atoms with Gasteiger partial charge in [-0.2, -0.15) is 0 Å². The van der Waals surface area contributed by atoms with Crippen molar-refractivity contribution >= 4 is 35.3 Å². The van der Waals surface area contributed by atoms with Gasteiger partial charge in [0.25, 0.3) is 5.91 Å². The lowest BCUT2D eigenvalue weighted by Gasteiger charge is -2.34. The fourth-order valence-corrected chi connectivity index (χ4v) is 3.70. The minimum atomic E-state index is -1.20. The molecule has 0 radical (unpaired) electrons. The number of carboxylic acids is 1. The summed E-state index contributed by atoms with van der Waals surface area (Å²) in [4.78, 5) is 61.2. The van der Waals surface area contributed by atoms with E-state index in [0.29, 0.717) is 5.56 Å². The average Bonchev–Trinajstić information content (AvgIpc) is 2.87. The molecule has 4 atom stereocenters. The van der Waals surface area contributed by atoms with Gasteiger partial charge >= 0.3 is 11.9 Å². The lowest BCUT2D eigenvalue weighted by atomic mass is 10.0. The van der Waals surface area contributed by atoms with Gasteiger partial charge in [-0.25, -0.2) is 0 Å². The van der Waals surface area contributed by atoms with Gasteiger partial charge < -0.3 is 45.3 Å². The molecule has 14 heteroatoms. The van der Waals surface area contributed by atoms with Crippen LogP contribution >= 0.6 is 0 Å². The first-order chi connectivity index (χ1) is 18.8. The van der Waals surface area contributed by atoms with Crippen molar-refractivity contribution < 1.29 is 48.4 Å². The first kappa shape index (κ1) is 32.5. The van der Waals surface area contributed by atoms with Crippen LogP contribution in [0.15, 0.2) is 18.2 Å². The summed E-state index contributed by atoms with van der Waals surface area (Å²) in [5.74, 6) is -3.39. The number of aliphatic hydroxyl groups is 1. The Morgan fingerprint density at radius 3 is 2.48 bits per heavy atom. The number of rotatable bonds is 13. The van der Waals surface area contributed by atoms with Crippen molar-refractivity contribution in [2.75, 3.05) is 32.5 Å². The molecule has 3 amide bonds. The Labute approximate surface area is 232 Å². The number of ether oxygens (including phenoxy) is 3. The first-order valence-electron chi connectivity index (χ1n) is 12.8. The molecular weight excluding hydrogens is 528 g/mol. The van der Waals surface area contributed by atoms with E-state index in [4.69, 9.17) is 19.3 Å². The molecule has 4 unspecified atom stereocenters. The summed E-state index contributed by atoms with van der Waals surface area (Å²) in [6.45, 7) is 4.31. The van der Waals surface area contributed by atoms with Crippen LogP contribution in [0.5, 0.6) is 5.75 Å². The molecule has 5 N–H and O–H groups in total. The van der Waals surface area contributed by atoms with Crippen LogP contribution in [0.1, 0.15) is 39.2 Å². The lowest BCUT2D eigenvalue weighted by molar-refractivity contribution is -0.190. The molecule has 1 aromatic carbocycles. The number of carbonyl (C=O) groups is 5. The molecule has 1 aliphatic rings. The zero-order valence-corrected chi connectivity index (χ0v) is 23.3. The third-order valence-corrected chi connectivity index (χ3v) is 5.81. The molecule has 1 aliphatic heterocycles. The van der Waals surface area contributed by atoms with Gasteiger partial charge in [0.05, 0.1) is 24.3 Å².